The van der Waals surface area contributed by atoms with Gasteiger partial charge in [0.1, 0.15) is 0 Å². The fourth-order valence-corrected chi connectivity index (χ4v) is 1.41. The molecule has 0 atom stereocenters. The Bertz CT molecular complexity index is 520. The Kier molecular flexibility index (Phi) is 3.09. The molecule has 2 rings (SSSR count). The SMILES string of the molecule is CNC(=O)c1oc(-c2ccccc2)nc1OC. The Hall–Kier alpha value is -2.30. The summed E-state index contributed by atoms with van der Waals surface area (Å²) in [5, 5.41) is 2.47. The first kappa shape index (κ1) is 11.2. The van der Waals surface area contributed by atoms with Crippen LogP contribution in [0.2, 0.25) is 0 Å². The maximum absolute atomic E-state index is 11.5. The third-order valence-corrected chi connectivity index (χ3v) is 2.24. The molecule has 0 aliphatic carbocycles. The van der Waals surface area contributed by atoms with Gasteiger partial charge in [0, 0.05) is 12.6 Å². The number of ether oxygens (including phenoxy) is 1. The van der Waals surface area contributed by atoms with Crippen LogP contribution in [-0.4, -0.2) is 25.0 Å². The first-order valence-corrected chi connectivity index (χ1v) is 5.08. The smallest absolute Gasteiger partial charge is 0.292 e. The van der Waals surface area contributed by atoms with E-state index in [0.29, 0.717) is 5.89 Å². The van der Waals surface area contributed by atoms with Gasteiger partial charge in [-0.05, 0) is 12.1 Å². The van der Waals surface area contributed by atoms with Crippen LogP contribution in [0.4, 0.5) is 0 Å². The van der Waals surface area contributed by atoms with Crippen molar-refractivity contribution in [3.05, 3.63) is 36.1 Å². The number of amides is 1. The molecule has 1 aromatic heterocycles. The summed E-state index contributed by atoms with van der Waals surface area (Å²) in [6.45, 7) is 0. The summed E-state index contributed by atoms with van der Waals surface area (Å²) >= 11 is 0. The molecule has 1 N–H and O–H groups in total. The Morgan fingerprint density at radius 3 is 2.65 bits per heavy atom. The molecule has 0 spiro atoms. The summed E-state index contributed by atoms with van der Waals surface area (Å²) in [4.78, 5) is 15.6. The van der Waals surface area contributed by atoms with Crippen LogP contribution in [-0.2, 0) is 0 Å². The molecule has 1 aromatic carbocycles. The summed E-state index contributed by atoms with van der Waals surface area (Å²) in [5.74, 6) is 0.259. The minimum Gasteiger partial charge on any atom is -0.478 e. The summed E-state index contributed by atoms with van der Waals surface area (Å²) in [6, 6.07) is 9.32. The van der Waals surface area contributed by atoms with Crippen LogP contribution in [0.15, 0.2) is 34.7 Å². The third-order valence-electron chi connectivity index (χ3n) is 2.24. The highest BCUT2D eigenvalue weighted by Crippen LogP contribution is 2.26. The number of hydrogen-bond acceptors (Lipinski definition) is 4. The molecule has 0 aliphatic rings. The molecular weight excluding hydrogens is 220 g/mol. The lowest BCUT2D eigenvalue weighted by Crippen LogP contribution is -2.17. The number of rotatable bonds is 3. The third kappa shape index (κ3) is 2.13. The second-order valence-corrected chi connectivity index (χ2v) is 3.30. The van der Waals surface area contributed by atoms with Crippen molar-refractivity contribution in [3.63, 3.8) is 0 Å². The highest BCUT2D eigenvalue weighted by molar-refractivity contribution is 5.93. The topological polar surface area (TPSA) is 64.4 Å². The van der Waals surface area contributed by atoms with Crippen LogP contribution in [0.1, 0.15) is 10.6 Å². The van der Waals surface area contributed by atoms with Crippen molar-refractivity contribution in [2.24, 2.45) is 0 Å². The van der Waals surface area contributed by atoms with Gasteiger partial charge in [-0.1, -0.05) is 18.2 Å². The minimum absolute atomic E-state index is 0.0776. The maximum atomic E-state index is 11.5. The summed E-state index contributed by atoms with van der Waals surface area (Å²) in [7, 11) is 2.96. The number of hydrogen-bond donors (Lipinski definition) is 1. The molecule has 0 bridgehead atoms. The van der Waals surface area contributed by atoms with E-state index in [0.717, 1.165) is 5.56 Å². The highest BCUT2D eigenvalue weighted by Gasteiger charge is 2.20. The lowest BCUT2D eigenvalue weighted by molar-refractivity contribution is 0.0932. The Balaban J connectivity index is 2.45. The van der Waals surface area contributed by atoms with Crippen LogP contribution in [0, 0.1) is 0 Å². The van der Waals surface area contributed by atoms with Crippen molar-refractivity contribution in [3.8, 4) is 17.3 Å². The Labute approximate surface area is 98.4 Å². The van der Waals surface area contributed by atoms with E-state index >= 15 is 0 Å². The zero-order valence-corrected chi connectivity index (χ0v) is 9.56. The van der Waals surface area contributed by atoms with Crippen LogP contribution in [0.3, 0.4) is 0 Å². The Morgan fingerprint density at radius 1 is 1.35 bits per heavy atom. The molecule has 0 fully saturated rings. The van der Waals surface area contributed by atoms with E-state index in [1.165, 1.54) is 14.2 Å². The van der Waals surface area contributed by atoms with E-state index in [-0.39, 0.29) is 17.5 Å². The number of methoxy groups -OCH3 is 1. The second-order valence-electron chi connectivity index (χ2n) is 3.30. The molecule has 0 aliphatic heterocycles. The molecule has 5 heteroatoms. The highest BCUT2D eigenvalue weighted by atomic mass is 16.5. The van der Waals surface area contributed by atoms with Gasteiger partial charge in [-0.2, -0.15) is 4.98 Å². The fourth-order valence-electron chi connectivity index (χ4n) is 1.41. The molecule has 2 aromatic rings. The number of oxazole rings is 1. The van der Waals surface area contributed by atoms with Crippen molar-refractivity contribution in [1.82, 2.24) is 10.3 Å². The number of carbonyl (C=O) groups excluding carboxylic acids is 1. The van der Waals surface area contributed by atoms with Crippen molar-refractivity contribution < 1.29 is 13.9 Å². The van der Waals surface area contributed by atoms with Crippen LogP contribution in [0.25, 0.3) is 11.5 Å². The van der Waals surface area contributed by atoms with E-state index in [1.54, 1.807) is 0 Å². The quantitative estimate of drug-likeness (QED) is 0.874. The molecule has 0 unspecified atom stereocenters. The fraction of sp³-hybridized carbons (Fsp3) is 0.167. The monoisotopic (exact) mass is 232 g/mol. The van der Waals surface area contributed by atoms with Crippen LogP contribution >= 0.6 is 0 Å². The van der Waals surface area contributed by atoms with Gasteiger partial charge in [-0.3, -0.25) is 4.79 Å². The lowest BCUT2D eigenvalue weighted by Gasteiger charge is -1.96. The van der Waals surface area contributed by atoms with Crippen LogP contribution in [0.5, 0.6) is 5.88 Å². The normalized spacial score (nSPS) is 10.0. The van der Waals surface area contributed by atoms with Gasteiger partial charge in [-0.25, -0.2) is 0 Å². The van der Waals surface area contributed by atoms with E-state index in [1.807, 2.05) is 30.3 Å². The Morgan fingerprint density at radius 2 is 2.06 bits per heavy atom. The molecular formula is C12H12N2O3. The largest absolute Gasteiger partial charge is 0.478 e. The molecule has 0 saturated carbocycles. The summed E-state index contributed by atoms with van der Waals surface area (Å²) < 4.78 is 10.4. The number of nitrogens with zero attached hydrogens (tertiary/aromatic N) is 1. The zero-order valence-electron chi connectivity index (χ0n) is 9.56. The van der Waals surface area contributed by atoms with Gasteiger partial charge in [-0.15, -0.1) is 0 Å². The first-order valence-electron chi connectivity index (χ1n) is 5.08. The van der Waals surface area contributed by atoms with Gasteiger partial charge >= 0.3 is 0 Å². The molecule has 0 radical (unpaired) electrons. The lowest BCUT2D eigenvalue weighted by atomic mass is 10.2. The van der Waals surface area contributed by atoms with E-state index in [4.69, 9.17) is 9.15 Å². The van der Waals surface area contributed by atoms with Crippen LogP contribution < -0.4 is 10.1 Å². The molecule has 17 heavy (non-hydrogen) atoms. The standard InChI is InChI=1S/C12H12N2O3/c1-13-10(15)9-12(16-2)14-11(17-9)8-6-4-3-5-7-8/h3-7H,1-2H3,(H,13,15). The van der Waals surface area contributed by atoms with E-state index < -0.39 is 0 Å². The summed E-state index contributed by atoms with van der Waals surface area (Å²) in [5.41, 5.74) is 0.793. The molecule has 5 nitrogen and oxygen atoms in total. The van der Waals surface area contributed by atoms with Gasteiger partial charge in [0.05, 0.1) is 7.11 Å². The maximum Gasteiger partial charge on any atom is 0.292 e. The van der Waals surface area contributed by atoms with Crippen molar-refractivity contribution in [2.75, 3.05) is 14.2 Å². The van der Waals surface area contributed by atoms with E-state index in [9.17, 15) is 4.79 Å². The summed E-state index contributed by atoms with van der Waals surface area (Å²) in [6.07, 6.45) is 0. The van der Waals surface area contributed by atoms with Gasteiger partial charge in [0.25, 0.3) is 17.5 Å². The molecule has 1 amide bonds. The number of aromatic nitrogens is 1. The second kappa shape index (κ2) is 4.69. The average molecular weight is 232 g/mol. The number of benzene rings is 1. The van der Waals surface area contributed by atoms with E-state index in [2.05, 4.69) is 10.3 Å². The van der Waals surface area contributed by atoms with Crippen molar-refractivity contribution in [1.29, 1.82) is 0 Å². The zero-order chi connectivity index (χ0) is 12.3. The van der Waals surface area contributed by atoms with Crippen molar-refractivity contribution >= 4 is 5.91 Å². The molecule has 0 saturated heterocycles. The predicted molar refractivity (Wildman–Crippen MR) is 61.9 cm³/mol. The van der Waals surface area contributed by atoms with Gasteiger partial charge in [0.2, 0.25) is 5.89 Å². The van der Waals surface area contributed by atoms with Gasteiger partial charge < -0.3 is 14.5 Å². The minimum atomic E-state index is -0.364. The predicted octanol–water partition coefficient (Wildman–Crippen LogP) is 1.71. The van der Waals surface area contributed by atoms with Crippen molar-refractivity contribution in [2.45, 2.75) is 0 Å². The van der Waals surface area contributed by atoms with Gasteiger partial charge in [0.15, 0.2) is 0 Å². The number of carbonyl (C=O) groups is 1. The first-order chi connectivity index (χ1) is 8.26. The average Bonchev–Trinajstić information content (AvgIpc) is 2.83. The molecule has 1 heterocycles. The number of nitrogens with one attached hydrogen (secondary N) is 1. The molecule has 88 valence electrons.